The third kappa shape index (κ3) is 4.19. The molecule has 0 aliphatic heterocycles. The molecule has 0 bridgehead atoms. The van der Waals surface area contributed by atoms with Crippen molar-refractivity contribution in [2.45, 2.75) is 20.8 Å². The van der Waals surface area contributed by atoms with Gasteiger partial charge in [-0.3, -0.25) is 9.59 Å². The standard InChI is InChI=1S/C18H19NO3/c1-12-4-9-17(10-13(12)2)22-11-18(21)15-5-7-16(8-6-15)19-14(3)20/h4-10H,11H2,1-3H3,(H,19,20). The SMILES string of the molecule is CC(=O)Nc1ccc(C(=O)COc2ccc(C)c(C)c2)cc1. The van der Waals surface area contributed by atoms with Crippen molar-refractivity contribution in [3.8, 4) is 5.75 Å². The number of nitrogens with one attached hydrogen (secondary N) is 1. The van der Waals surface area contributed by atoms with Crippen LogP contribution in [0.15, 0.2) is 42.5 Å². The van der Waals surface area contributed by atoms with Crippen molar-refractivity contribution in [2.75, 3.05) is 11.9 Å². The van der Waals surface area contributed by atoms with Gasteiger partial charge in [0, 0.05) is 18.2 Å². The Labute approximate surface area is 130 Å². The number of hydrogen-bond donors (Lipinski definition) is 1. The highest BCUT2D eigenvalue weighted by Gasteiger charge is 2.07. The fourth-order valence-electron chi connectivity index (χ4n) is 1.98. The molecule has 0 heterocycles. The summed E-state index contributed by atoms with van der Waals surface area (Å²) in [5, 5.41) is 2.66. The van der Waals surface area contributed by atoms with E-state index in [1.54, 1.807) is 24.3 Å². The highest BCUT2D eigenvalue weighted by molar-refractivity contribution is 5.98. The van der Waals surface area contributed by atoms with Gasteiger partial charge in [0.25, 0.3) is 0 Å². The molecule has 0 aliphatic carbocycles. The topological polar surface area (TPSA) is 55.4 Å². The minimum absolute atomic E-state index is 0.0119. The van der Waals surface area contributed by atoms with E-state index in [-0.39, 0.29) is 18.3 Å². The van der Waals surface area contributed by atoms with Gasteiger partial charge in [-0.15, -0.1) is 0 Å². The lowest BCUT2D eigenvalue weighted by molar-refractivity contribution is -0.114. The zero-order valence-corrected chi connectivity index (χ0v) is 13.0. The first-order chi connectivity index (χ1) is 10.5. The van der Waals surface area contributed by atoms with E-state index in [1.165, 1.54) is 12.5 Å². The maximum atomic E-state index is 12.1. The second-order valence-electron chi connectivity index (χ2n) is 5.22. The molecular formula is C18H19NO3. The van der Waals surface area contributed by atoms with Gasteiger partial charge >= 0.3 is 0 Å². The molecule has 0 fully saturated rings. The molecule has 0 atom stereocenters. The third-order valence-electron chi connectivity index (χ3n) is 3.38. The number of ether oxygens (including phenoxy) is 1. The largest absolute Gasteiger partial charge is 0.485 e. The number of carbonyl (C=O) groups is 2. The summed E-state index contributed by atoms with van der Waals surface area (Å²) in [7, 11) is 0. The monoisotopic (exact) mass is 297 g/mol. The van der Waals surface area contributed by atoms with Gasteiger partial charge < -0.3 is 10.1 Å². The van der Waals surface area contributed by atoms with Gasteiger partial charge in [0.05, 0.1) is 0 Å². The number of benzene rings is 2. The lowest BCUT2D eigenvalue weighted by atomic mass is 10.1. The Kier molecular flexibility index (Phi) is 4.94. The number of ketones is 1. The Morgan fingerprint density at radius 3 is 2.27 bits per heavy atom. The Morgan fingerprint density at radius 2 is 1.68 bits per heavy atom. The molecule has 22 heavy (non-hydrogen) atoms. The summed E-state index contributed by atoms with van der Waals surface area (Å²) in [6.45, 7) is 5.46. The number of carbonyl (C=O) groups excluding carboxylic acids is 2. The van der Waals surface area contributed by atoms with Crippen LogP contribution in [-0.4, -0.2) is 18.3 Å². The van der Waals surface area contributed by atoms with E-state index in [0.717, 1.165) is 5.56 Å². The molecule has 0 aromatic heterocycles. The van der Waals surface area contributed by atoms with Crippen LogP contribution in [0.25, 0.3) is 0 Å². The van der Waals surface area contributed by atoms with E-state index < -0.39 is 0 Å². The van der Waals surface area contributed by atoms with Crippen molar-refractivity contribution < 1.29 is 14.3 Å². The van der Waals surface area contributed by atoms with Gasteiger partial charge in [-0.2, -0.15) is 0 Å². The van der Waals surface area contributed by atoms with Crippen molar-refractivity contribution in [2.24, 2.45) is 0 Å². The summed E-state index contributed by atoms with van der Waals surface area (Å²) in [6.07, 6.45) is 0. The van der Waals surface area contributed by atoms with Crippen LogP contribution in [0, 0.1) is 13.8 Å². The molecule has 1 amide bonds. The molecule has 1 N–H and O–H groups in total. The first kappa shape index (κ1) is 15.8. The summed E-state index contributed by atoms with van der Waals surface area (Å²) in [5.41, 5.74) is 3.54. The van der Waals surface area contributed by atoms with Gasteiger partial charge in [0.1, 0.15) is 5.75 Å². The molecule has 0 spiro atoms. The molecule has 0 aliphatic rings. The average molecular weight is 297 g/mol. The van der Waals surface area contributed by atoms with Crippen LogP contribution in [-0.2, 0) is 4.79 Å². The van der Waals surface area contributed by atoms with Crippen LogP contribution < -0.4 is 10.1 Å². The molecule has 4 nitrogen and oxygen atoms in total. The average Bonchev–Trinajstić information content (AvgIpc) is 2.48. The van der Waals surface area contributed by atoms with E-state index in [1.807, 2.05) is 32.0 Å². The van der Waals surface area contributed by atoms with Crippen LogP contribution in [0.5, 0.6) is 5.75 Å². The number of anilines is 1. The zero-order valence-electron chi connectivity index (χ0n) is 13.0. The fourth-order valence-corrected chi connectivity index (χ4v) is 1.98. The molecule has 2 aromatic carbocycles. The van der Waals surface area contributed by atoms with Crippen LogP contribution in [0.4, 0.5) is 5.69 Å². The second kappa shape index (κ2) is 6.89. The fraction of sp³-hybridized carbons (Fsp3) is 0.222. The predicted octanol–water partition coefficient (Wildman–Crippen LogP) is 3.52. The third-order valence-corrected chi connectivity index (χ3v) is 3.38. The van der Waals surface area contributed by atoms with Gasteiger partial charge in [-0.25, -0.2) is 0 Å². The molecule has 0 saturated heterocycles. The Morgan fingerprint density at radius 1 is 1.00 bits per heavy atom. The van der Waals surface area contributed by atoms with Gasteiger partial charge in [0.2, 0.25) is 5.91 Å². The second-order valence-corrected chi connectivity index (χ2v) is 5.22. The van der Waals surface area contributed by atoms with E-state index in [9.17, 15) is 9.59 Å². The predicted molar refractivity (Wildman–Crippen MR) is 86.5 cm³/mol. The molecule has 114 valence electrons. The molecular weight excluding hydrogens is 278 g/mol. The lowest BCUT2D eigenvalue weighted by Gasteiger charge is -2.08. The minimum Gasteiger partial charge on any atom is -0.485 e. The first-order valence-electron chi connectivity index (χ1n) is 7.06. The van der Waals surface area contributed by atoms with Crippen LogP contribution in [0.3, 0.4) is 0 Å². The van der Waals surface area contributed by atoms with Crippen LogP contribution >= 0.6 is 0 Å². The molecule has 0 radical (unpaired) electrons. The molecule has 0 saturated carbocycles. The first-order valence-corrected chi connectivity index (χ1v) is 7.06. The van der Waals surface area contributed by atoms with Crippen molar-refractivity contribution >= 4 is 17.4 Å². The maximum Gasteiger partial charge on any atom is 0.221 e. The summed E-state index contributed by atoms with van der Waals surface area (Å²) in [6, 6.07) is 12.5. The van der Waals surface area contributed by atoms with Crippen molar-refractivity contribution in [1.82, 2.24) is 0 Å². The quantitative estimate of drug-likeness (QED) is 0.859. The molecule has 4 heteroatoms. The van der Waals surface area contributed by atoms with Gasteiger partial charge in [-0.1, -0.05) is 6.07 Å². The highest BCUT2D eigenvalue weighted by Crippen LogP contribution is 2.17. The Hall–Kier alpha value is -2.62. The van der Waals surface area contributed by atoms with E-state index in [2.05, 4.69) is 5.32 Å². The molecule has 2 aromatic rings. The summed E-state index contributed by atoms with van der Waals surface area (Å²) in [5.74, 6) is 0.441. The zero-order chi connectivity index (χ0) is 16.1. The van der Waals surface area contributed by atoms with Crippen LogP contribution in [0.1, 0.15) is 28.4 Å². The Balaban J connectivity index is 1.96. The summed E-state index contributed by atoms with van der Waals surface area (Å²) >= 11 is 0. The highest BCUT2D eigenvalue weighted by atomic mass is 16.5. The number of amides is 1. The van der Waals surface area contributed by atoms with Crippen molar-refractivity contribution in [3.63, 3.8) is 0 Å². The van der Waals surface area contributed by atoms with E-state index in [0.29, 0.717) is 17.0 Å². The molecule has 2 rings (SSSR count). The summed E-state index contributed by atoms with van der Waals surface area (Å²) < 4.78 is 5.53. The minimum atomic E-state index is -0.142. The Bertz CT molecular complexity index is 690. The summed E-state index contributed by atoms with van der Waals surface area (Å²) in [4.78, 5) is 23.0. The van der Waals surface area contributed by atoms with Crippen molar-refractivity contribution in [3.05, 3.63) is 59.2 Å². The van der Waals surface area contributed by atoms with Gasteiger partial charge in [-0.05, 0) is 61.4 Å². The maximum absolute atomic E-state index is 12.1. The van der Waals surface area contributed by atoms with Crippen molar-refractivity contribution in [1.29, 1.82) is 0 Å². The van der Waals surface area contributed by atoms with E-state index >= 15 is 0 Å². The number of aryl methyl sites for hydroxylation is 2. The number of hydrogen-bond acceptors (Lipinski definition) is 3. The smallest absolute Gasteiger partial charge is 0.221 e. The van der Waals surface area contributed by atoms with E-state index in [4.69, 9.17) is 4.74 Å². The molecule has 0 unspecified atom stereocenters. The van der Waals surface area contributed by atoms with Gasteiger partial charge in [0.15, 0.2) is 12.4 Å². The van der Waals surface area contributed by atoms with Crippen LogP contribution in [0.2, 0.25) is 0 Å². The normalized spacial score (nSPS) is 10.1. The number of Topliss-reactive ketones (excluding diaryl/α,β-unsaturated/α-hetero) is 1. The number of rotatable bonds is 5. The lowest BCUT2D eigenvalue weighted by Crippen LogP contribution is -2.12.